The monoisotopic (exact) mass is 448 g/mol. The molecule has 0 aliphatic carbocycles. The van der Waals surface area contributed by atoms with Crippen LogP contribution in [0.3, 0.4) is 0 Å². The van der Waals surface area contributed by atoms with E-state index in [4.69, 9.17) is 27.9 Å². The number of fused-ring (bicyclic) bond motifs is 1. The highest BCUT2D eigenvalue weighted by Gasteiger charge is 2.29. The summed E-state index contributed by atoms with van der Waals surface area (Å²) < 4.78 is 33.6. The third-order valence-electron chi connectivity index (χ3n) is 4.05. The Bertz CT molecular complexity index is 1220. The van der Waals surface area contributed by atoms with Crippen LogP contribution in [0.1, 0.15) is 5.56 Å². The number of para-hydroxylation sites is 2. The first-order valence-electron chi connectivity index (χ1n) is 8.43. The number of sulfonamides is 1. The summed E-state index contributed by atoms with van der Waals surface area (Å²) in [6, 6.07) is 15.1. The van der Waals surface area contributed by atoms with Crippen LogP contribution in [0.2, 0.25) is 10.2 Å². The van der Waals surface area contributed by atoms with Gasteiger partial charge in [-0.2, -0.15) is 0 Å². The van der Waals surface area contributed by atoms with Gasteiger partial charge in [0.25, 0.3) is 10.0 Å². The van der Waals surface area contributed by atoms with Gasteiger partial charge < -0.3 is 10.1 Å². The smallest absolute Gasteiger partial charge is 0.266 e. The zero-order chi connectivity index (χ0) is 20.4. The van der Waals surface area contributed by atoms with Gasteiger partial charge in [0.1, 0.15) is 21.5 Å². The summed E-state index contributed by atoms with van der Waals surface area (Å²) in [5, 5.41) is 3.69. The van der Waals surface area contributed by atoms with E-state index < -0.39 is 10.0 Å². The summed E-state index contributed by atoms with van der Waals surface area (Å²) in [4.78, 5) is 8.31. The quantitative estimate of drug-likeness (QED) is 0.575. The highest BCUT2D eigenvalue weighted by Crippen LogP contribution is 2.38. The minimum absolute atomic E-state index is 0.0420. The molecule has 0 saturated heterocycles. The molecule has 2 N–H and O–H groups in total. The second-order valence-corrected chi connectivity index (χ2v) is 8.43. The van der Waals surface area contributed by atoms with Gasteiger partial charge in [0.15, 0.2) is 5.75 Å². The Morgan fingerprint density at radius 2 is 1.79 bits per heavy atom. The largest absolute Gasteiger partial charge is 0.454 e. The van der Waals surface area contributed by atoms with E-state index in [0.29, 0.717) is 27.2 Å². The van der Waals surface area contributed by atoms with Crippen LogP contribution in [0.25, 0.3) is 0 Å². The number of aliphatic imine (C=N–C) groups is 1. The maximum absolute atomic E-state index is 12.7. The van der Waals surface area contributed by atoms with Crippen molar-refractivity contribution in [3.05, 3.63) is 76.5 Å². The third kappa shape index (κ3) is 4.14. The lowest BCUT2D eigenvalue weighted by Crippen LogP contribution is -2.40. The first-order valence-corrected chi connectivity index (χ1v) is 10.7. The Hall–Kier alpha value is -2.81. The fourth-order valence-electron chi connectivity index (χ4n) is 2.69. The molecule has 10 heteroatoms. The van der Waals surface area contributed by atoms with Crippen molar-refractivity contribution in [1.29, 1.82) is 0 Å². The molecule has 3 aromatic rings. The molecule has 29 heavy (non-hydrogen) atoms. The first kappa shape index (κ1) is 19.5. The molecule has 1 aromatic heterocycles. The maximum Gasteiger partial charge on any atom is 0.266 e. The van der Waals surface area contributed by atoms with E-state index in [2.05, 4.69) is 20.0 Å². The second-order valence-electron chi connectivity index (χ2n) is 6.01. The van der Waals surface area contributed by atoms with Gasteiger partial charge in [-0.15, -0.1) is 0 Å². The molecule has 0 atom stereocenters. The van der Waals surface area contributed by atoms with E-state index in [1.807, 2.05) is 0 Å². The molecule has 148 valence electrons. The van der Waals surface area contributed by atoms with Crippen molar-refractivity contribution in [2.24, 2.45) is 4.99 Å². The molecule has 2 aromatic carbocycles. The number of nitrogens with one attached hydrogen (secondary N) is 2. The molecule has 0 fully saturated rings. The number of anilines is 1. The number of hydrogen-bond donors (Lipinski definition) is 2. The van der Waals surface area contributed by atoms with Crippen molar-refractivity contribution in [2.75, 3.05) is 5.32 Å². The molecule has 2 heterocycles. The van der Waals surface area contributed by atoms with Gasteiger partial charge >= 0.3 is 0 Å². The van der Waals surface area contributed by atoms with E-state index in [9.17, 15) is 8.42 Å². The summed E-state index contributed by atoms with van der Waals surface area (Å²) in [7, 11) is -3.84. The average molecular weight is 449 g/mol. The van der Waals surface area contributed by atoms with Gasteiger partial charge in [0.05, 0.1) is 11.6 Å². The topological polar surface area (TPSA) is 92.7 Å². The van der Waals surface area contributed by atoms with Crippen molar-refractivity contribution >= 4 is 44.9 Å². The van der Waals surface area contributed by atoms with Crippen LogP contribution in [0.5, 0.6) is 11.5 Å². The molecular weight excluding hydrogens is 435 g/mol. The van der Waals surface area contributed by atoms with Crippen molar-refractivity contribution in [3.63, 3.8) is 0 Å². The number of nitrogens with zero attached hydrogens (tertiary/aromatic N) is 2. The van der Waals surface area contributed by atoms with E-state index in [1.165, 1.54) is 6.07 Å². The Kier molecular flexibility index (Phi) is 5.31. The standard InChI is InChI=1S/C19H14Cl2N4O3S/c20-13-6-1-2-7-14(13)28-15-8-3-9-16-17(15)24-19(25-29(16,26)27)23-11-12-5-4-10-22-18(12)21/h1-10H,11H2,(H2,23,24,25). The lowest BCUT2D eigenvalue weighted by atomic mass is 10.2. The van der Waals surface area contributed by atoms with Crippen LogP contribution in [-0.4, -0.2) is 19.4 Å². The van der Waals surface area contributed by atoms with Gasteiger partial charge in [-0.05, 0) is 30.3 Å². The fraction of sp³-hybridized carbons (Fsp3) is 0.0526. The highest BCUT2D eigenvalue weighted by molar-refractivity contribution is 7.90. The molecule has 0 spiro atoms. The average Bonchev–Trinajstić information content (AvgIpc) is 2.69. The second kappa shape index (κ2) is 7.90. The minimum Gasteiger partial charge on any atom is -0.454 e. The SMILES string of the molecule is O=S1(=O)NC(=NCc2cccnc2Cl)Nc2c(Oc3ccccc3Cl)cccc21. The van der Waals surface area contributed by atoms with Crippen molar-refractivity contribution in [3.8, 4) is 11.5 Å². The molecule has 0 amide bonds. The van der Waals surface area contributed by atoms with Gasteiger partial charge in [-0.3, -0.25) is 0 Å². The summed E-state index contributed by atoms with van der Waals surface area (Å²) in [6.07, 6.45) is 1.56. The van der Waals surface area contributed by atoms with Gasteiger partial charge in [0.2, 0.25) is 5.96 Å². The van der Waals surface area contributed by atoms with Gasteiger partial charge in [-0.1, -0.05) is 47.5 Å². The summed E-state index contributed by atoms with van der Waals surface area (Å²) >= 11 is 12.2. The van der Waals surface area contributed by atoms with Gasteiger partial charge in [-0.25, -0.2) is 23.1 Å². The predicted molar refractivity (Wildman–Crippen MR) is 112 cm³/mol. The van der Waals surface area contributed by atoms with Crippen LogP contribution in [0, 0.1) is 0 Å². The summed E-state index contributed by atoms with van der Waals surface area (Å²) in [5.74, 6) is 0.751. The fourth-order valence-corrected chi connectivity index (χ4v) is 4.20. The summed E-state index contributed by atoms with van der Waals surface area (Å²) in [5.41, 5.74) is 0.927. The first-order chi connectivity index (χ1) is 13.9. The number of ether oxygens (including phenoxy) is 1. The number of hydrogen-bond acceptors (Lipinski definition) is 5. The lowest BCUT2D eigenvalue weighted by Gasteiger charge is -2.23. The van der Waals surface area contributed by atoms with Crippen LogP contribution in [0.15, 0.2) is 70.7 Å². The zero-order valence-corrected chi connectivity index (χ0v) is 17.1. The lowest BCUT2D eigenvalue weighted by molar-refractivity contribution is 0.483. The van der Waals surface area contributed by atoms with Crippen LogP contribution in [0.4, 0.5) is 5.69 Å². The van der Waals surface area contributed by atoms with E-state index in [1.54, 1.807) is 54.7 Å². The molecular formula is C19H14Cl2N4O3S. The normalized spacial score (nSPS) is 15.9. The van der Waals surface area contributed by atoms with Crippen LogP contribution in [-0.2, 0) is 16.6 Å². The minimum atomic E-state index is -3.84. The molecule has 0 radical (unpaired) electrons. The van der Waals surface area contributed by atoms with Crippen molar-refractivity contribution < 1.29 is 13.2 Å². The van der Waals surface area contributed by atoms with E-state index in [-0.39, 0.29) is 23.1 Å². The third-order valence-corrected chi connectivity index (χ3v) is 6.09. The number of pyridine rings is 1. The zero-order valence-electron chi connectivity index (χ0n) is 14.8. The number of benzene rings is 2. The van der Waals surface area contributed by atoms with Crippen LogP contribution >= 0.6 is 23.2 Å². The number of guanidine groups is 1. The van der Waals surface area contributed by atoms with Crippen molar-refractivity contribution in [1.82, 2.24) is 9.71 Å². The molecule has 0 saturated carbocycles. The predicted octanol–water partition coefficient (Wildman–Crippen LogP) is 4.44. The maximum atomic E-state index is 12.7. The Morgan fingerprint density at radius 3 is 2.59 bits per heavy atom. The number of rotatable bonds is 4. The molecule has 1 aliphatic heterocycles. The molecule has 0 bridgehead atoms. The Morgan fingerprint density at radius 1 is 1.00 bits per heavy atom. The van der Waals surface area contributed by atoms with Gasteiger partial charge in [0, 0.05) is 11.8 Å². The molecule has 4 rings (SSSR count). The molecule has 1 aliphatic rings. The molecule has 7 nitrogen and oxygen atoms in total. The number of halogens is 2. The Balaban J connectivity index is 1.69. The Labute approximate surface area is 177 Å². The highest BCUT2D eigenvalue weighted by atomic mass is 35.5. The van der Waals surface area contributed by atoms with Crippen LogP contribution < -0.4 is 14.8 Å². The van der Waals surface area contributed by atoms with E-state index in [0.717, 1.165) is 0 Å². The number of aromatic nitrogens is 1. The molecule has 0 unspecified atom stereocenters. The van der Waals surface area contributed by atoms with E-state index >= 15 is 0 Å². The van der Waals surface area contributed by atoms with Crippen molar-refractivity contribution in [2.45, 2.75) is 11.4 Å². The summed E-state index contributed by atoms with van der Waals surface area (Å²) in [6.45, 7) is 0.139.